The van der Waals surface area contributed by atoms with E-state index in [1.54, 1.807) is 18.2 Å². The molecule has 1 aromatic heterocycles. The quantitative estimate of drug-likeness (QED) is 0.883. The van der Waals surface area contributed by atoms with Crippen LogP contribution in [0.5, 0.6) is 0 Å². The number of nitrogens with one attached hydrogen (secondary N) is 2. The van der Waals surface area contributed by atoms with E-state index in [1.807, 2.05) is 6.07 Å². The molecule has 19 heavy (non-hydrogen) atoms. The molecule has 0 atom stereocenters. The van der Waals surface area contributed by atoms with Gasteiger partial charge in [-0.1, -0.05) is 0 Å². The fraction of sp³-hybridized carbons (Fsp3) is 0.0769. The zero-order chi connectivity index (χ0) is 13.2. The summed E-state index contributed by atoms with van der Waals surface area (Å²) in [6.45, 7) is 0. The molecule has 6 heteroatoms. The van der Waals surface area contributed by atoms with Crippen LogP contribution in [0.15, 0.2) is 46.1 Å². The fourth-order valence-electron chi connectivity index (χ4n) is 1.76. The van der Waals surface area contributed by atoms with Gasteiger partial charge in [-0.25, -0.2) is 0 Å². The molecule has 0 unspecified atom stereocenters. The van der Waals surface area contributed by atoms with Crippen LogP contribution in [0.25, 0.3) is 0 Å². The third-order valence-electron chi connectivity index (χ3n) is 2.65. The summed E-state index contributed by atoms with van der Waals surface area (Å²) in [5.41, 5.74) is 1.81. The van der Waals surface area contributed by atoms with Crippen molar-refractivity contribution in [1.82, 2.24) is 0 Å². The Bertz CT molecular complexity index is 637. The van der Waals surface area contributed by atoms with Crippen LogP contribution in [-0.4, -0.2) is 17.6 Å². The number of anilines is 2. The molecular formula is C13H10N2O3S. The second-order valence-corrected chi connectivity index (χ2v) is 5.03. The van der Waals surface area contributed by atoms with E-state index in [4.69, 9.17) is 4.42 Å². The lowest BCUT2D eigenvalue weighted by Crippen LogP contribution is -2.19. The molecule has 0 spiro atoms. The largest absolute Gasteiger partial charge is 0.472 e. The molecule has 96 valence electrons. The van der Waals surface area contributed by atoms with E-state index in [2.05, 4.69) is 10.6 Å². The predicted molar refractivity (Wildman–Crippen MR) is 72.5 cm³/mol. The summed E-state index contributed by atoms with van der Waals surface area (Å²) in [7, 11) is 0. The van der Waals surface area contributed by atoms with Crippen molar-refractivity contribution in [2.24, 2.45) is 0 Å². The van der Waals surface area contributed by atoms with Crippen LogP contribution in [0.4, 0.5) is 11.4 Å². The molecule has 1 aromatic carbocycles. The molecule has 3 rings (SSSR count). The van der Waals surface area contributed by atoms with Gasteiger partial charge < -0.3 is 15.1 Å². The van der Waals surface area contributed by atoms with E-state index in [1.165, 1.54) is 24.3 Å². The maximum absolute atomic E-state index is 11.8. The summed E-state index contributed by atoms with van der Waals surface area (Å²) in [6, 6.07) is 7.02. The Morgan fingerprint density at radius 3 is 3.05 bits per heavy atom. The van der Waals surface area contributed by atoms with Crippen molar-refractivity contribution in [3.8, 4) is 0 Å². The molecule has 5 nitrogen and oxygen atoms in total. The smallest absolute Gasteiger partial charge is 0.258 e. The summed E-state index contributed by atoms with van der Waals surface area (Å²) in [5.74, 6) is 0.146. The third kappa shape index (κ3) is 2.48. The van der Waals surface area contributed by atoms with E-state index in [9.17, 15) is 9.59 Å². The van der Waals surface area contributed by atoms with Crippen molar-refractivity contribution in [3.05, 3.63) is 42.4 Å². The zero-order valence-corrected chi connectivity index (χ0v) is 10.6. The van der Waals surface area contributed by atoms with Gasteiger partial charge in [-0.15, -0.1) is 11.8 Å². The lowest BCUT2D eigenvalue weighted by atomic mass is 10.2. The Balaban J connectivity index is 1.81. The minimum absolute atomic E-state index is 0.0317. The number of carbonyl (C=O) groups is 2. The molecule has 0 bridgehead atoms. The molecule has 2 N–H and O–H groups in total. The summed E-state index contributed by atoms with van der Waals surface area (Å²) in [5, 5.41) is 5.53. The van der Waals surface area contributed by atoms with Crippen molar-refractivity contribution in [2.45, 2.75) is 4.90 Å². The highest BCUT2D eigenvalue weighted by molar-refractivity contribution is 8.00. The van der Waals surface area contributed by atoms with Gasteiger partial charge in [0, 0.05) is 10.6 Å². The van der Waals surface area contributed by atoms with Gasteiger partial charge in [0.1, 0.15) is 6.26 Å². The van der Waals surface area contributed by atoms with Gasteiger partial charge in [-0.3, -0.25) is 9.59 Å². The number of rotatable bonds is 2. The summed E-state index contributed by atoms with van der Waals surface area (Å²) in [4.78, 5) is 24.2. The minimum atomic E-state index is -0.247. The molecule has 1 aliphatic heterocycles. The highest BCUT2D eigenvalue weighted by Crippen LogP contribution is 2.33. The maximum atomic E-state index is 11.8. The van der Waals surface area contributed by atoms with Crippen LogP contribution in [0.1, 0.15) is 10.4 Å². The van der Waals surface area contributed by atoms with E-state index < -0.39 is 0 Å². The second kappa shape index (κ2) is 4.81. The number of benzene rings is 1. The maximum Gasteiger partial charge on any atom is 0.258 e. The molecule has 0 saturated heterocycles. The standard InChI is InChI=1S/C13H10N2O3S/c16-12-7-19-11-2-1-9(5-10(11)15-12)14-13(17)8-3-4-18-6-8/h1-6H,7H2,(H,14,17)(H,15,16). The Kier molecular flexibility index (Phi) is 3.00. The Morgan fingerprint density at radius 2 is 2.26 bits per heavy atom. The van der Waals surface area contributed by atoms with Gasteiger partial charge in [0.25, 0.3) is 5.91 Å². The van der Waals surface area contributed by atoms with Crippen molar-refractivity contribution in [1.29, 1.82) is 0 Å². The molecule has 1 aliphatic rings. The van der Waals surface area contributed by atoms with Crippen molar-refractivity contribution in [3.63, 3.8) is 0 Å². The predicted octanol–water partition coefficient (Wildman–Crippen LogP) is 2.58. The van der Waals surface area contributed by atoms with Crippen LogP contribution in [0, 0.1) is 0 Å². The Morgan fingerprint density at radius 1 is 1.37 bits per heavy atom. The van der Waals surface area contributed by atoms with E-state index in [0.29, 0.717) is 17.0 Å². The second-order valence-electron chi connectivity index (χ2n) is 4.01. The van der Waals surface area contributed by atoms with Crippen molar-refractivity contribution >= 4 is 35.0 Å². The lowest BCUT2D eigenvalue weighted by Gasteiger charge is -2.17. The zero-order valence-electron chi connectivity index (χ0n) is 9.80. The van der Waals surface area contributed by atoms with Gasteiger partial charge in [0.2, 0.25) is 5.91 Å². The molecule has 0 radical (unpaired) electrons. The number of thioether (sulfide) groups is 1. The molecule has 2 aromatic rings. The molecule has 0 aliphatic carbocycles. The highest BCUT2D eigenvalue weighted by atomic mass is 32.2. The average Bonchev–Trinajstić information content (AvgIpc) is 2.92. The van der Waals surface area contributed by atoms with Crippen molar-refractivity contribution in [2.75, 3.05) is 16.4 Å². The normalized spacial score (nSPS) is 13.6. The monoisotopic (exact) mass is 274 g/mol. The van der Waals surface area contributed by atoms with Crippen LogP contribution < -0.4 is 10.6 Å². The van der Waals surface area contributed by atoms with Gasteiger partial charge >= 0.3 is 0 Å². The molecule has 0 saturated carbocycles. The first-order valence-corrected chi connectivity index (χ1v) is 6.61. The summed E-state index contributed by atoms with van der Waals surface area (Å²) >= 11 is 1.48. The Labute approximate surface area is 113 Å². The third-order valence-corrected chi connectivity index (χ3v) is 3.73. The first-order valence-electron chi connectivity index (χ1n) is 5.62. The molecule has 2 amide bonds. The SMILES string of the molecule is O=C1CSc2ccc(NC(=O)c3ccoc3)cc2N1. The Hall–Kier alpha value is -2.21. The minimum Gasteiger partial charge on any atom is -0.472 e. The summed E-state index contributed by atoms with van der Waals surface area (Å²) < 4.78 is 4.86. The first-order chi connectivity index (χ1) is 9.22. The van der Waals surface area contributed by atoms with Crippen LogP contribution in [0.3, 0.4) is 0 Å². The lowest BCUT2D eigenvalue weighted by molar-refractivity contribution is -0.113. The summed E-state index contributed by atoms with van der Waals surface area (Å²) in [6.07, 6.45) is 2.82. The number of furan rings is 1. The van der Waals surface area contributed by atoms with Crippen molar-refractivity contribution < 1.29 is 14.0 Å². The highest BCUT2D eigenvalue weighted by Gasteiger charge is 2.16. The van der Waals surface area contributed by atoms with E-state index in [0.717, 1.165) is 10.6 Å². The number of fused-ring (bicyclic) bond motifs is 1. The van der Waals surface area contributed by atoms with Crippen LogP contribution in [-0.2, 0) is 4.79 Å². The fourth-order valence-corrected chi connectivity index (χ4v) is 2.55. The number of hydrogen-bond donors (Lipinski definition) is 2. The van der Waals surface area contributed by atoms with Gasteiger partial charge in [0.15, 0.2) is 0 Å². The first kappa shape index (κ1) is 11.9. The van der Waals surface area contributed by atoms with E-state index >= 15 is 0 Å². The van der Waals surface area contributed by atoms with Gasteiger partial charge in [-0.05, 0) is 24.3 Å². The van der Waals surface area contributed by atoms with Gasteiger partial charge in [0.05, 0.1) is 23.3 Å². The average molecular weight is 274 g/mol. The van der Waals surface area contributed by atoms with E-state index in [-0.39, 0.29) is 11.8 Å². The molecule has 0 fully saturated rings. The van der Waals surface area contributed by atoms with Crippen LogP contribution in [0.2, 0.25) is 0 Å². The topological polar surface area (TPSA) is 71.3 Å². The van der Waals surface area contributed by atoms with Gasteiger partial charge in [-0.2, -0.15) is 0 Å². The molecule has 2 heterocycles. The molecular weight excluding hydrogens is 264 g/mol. The number of hydrogen-bond acceptors (Lipinski definition) is 4. The number of amides is 2. The number of carbonyl (C=O) groups excluding carboxylic acids is 2. The van der Waals surface area contributed by atoms with Crippen LogP contribution >= 0.6 is 11.8 Å².